The second-order valence-corrected chi connectivity index (χ2v) is 7.80. The first-order chi connectivity index (χ1) is 8.46. The highest BCUT2D eigenvalue weighted by molar-refractivity contribution is 7.89. The molecule has 0 saturated carbocycles. The van der Waals surface area contributed by atoms with Crippen molar-refractivity contribution in [1.29, 1.82) is 5.26 Å². The number of nitrogens with one attached hydrogen (secondary N) is 1. The summed E-state index contributed by atoms with van der Waals surface area (Å²) in [7, 11) is -3.77. The zero-order valence-electron chi connectivity index (χ0n) is 9.06. The van der Waals surface area contributed by atoms with Gasteiger partial charge in [-0.2, -0.15) is 9.57 Å². The largest absolute Gasteiger partial charge is 0.313 e. The van der Waals surface area contributed by atoms with Gasteiger partial charge in [0.25, 0.3) is 0 Å². The van der Waals surface area contributed by atoms with Gasteiger partial charge >= 0.3 is 0 Å². The highest BCUT2D eigenvalue weighted by atomic mass is 35.5. The van der Waals surface area contributed by atoms with E-state index < -0.39 is 16.1 Å². The van der Waals surface area contributed by atoms with Crippen molar-refractivity contribution in [2.45, 2.75) is 10.9 Å². The van der Waals surface area contributed by atoms with E-state index in [9.17, 15) is 8.42 Å². The van der Waals surface area contributed by atoms with Crippen LogP contribution in [0.2, 0.25) is 8.67 Å². The Morgan fingerprint density at radius 1 is 1.56 bits per heavy atom. The Morgan fingerprint density at radius 2 is 2.28 bits per heavy atom. The maximum Gasteiger partial charge on any atom is 0.246 e. The molecule has 2 rings (SSSR count). The van der Waals surface area contributed by atoms with E-state index in [1.165, 1.54) is 6.07 Å². The minimum atomic E-state index is -3.77. The number of hydrogen-bond acceptors (Lipinski definition) is 5. The summed E-state index contributed by atoms with van der Waals surface area (Å²) >= 11 is 12.6. The molecule has 0 amide bonds. The number of rotatable bonds is 2. The maximum absolute atomic E-state index is 12.4. The fourth-order valence-corrected chi connectivity index (χ4v) is 5.36. The Morgan fingerprint density at radius 3 is 2.83 bits per heavy atom. The number of halogens is 2. The van der Waals surface area contributed by atoms with Gasteiger partial charge < -0.3 is 5.32 Å². The number of nitriles is 1. The summed E-state index contributed by atoms with van der Waals surface area (Å²) in [6.45, 7) is 1.06. The molecule has 1 N–H and O–H groups in total. The molecule has 0 bridgehead atoms. The molecule has 1 fully saturated rings. The molecule has 1 atom stereocenters. The van der Waals surface area contributed by atoms with Gasteiger partial charge in [-0.15, -0.1) is 11.3 Å². The van der Waals surface area contributed by atoms with E-state index in [1.54, 1.807) is 0 Å². The van der Waals surface area contributed by atoms with E-state index in [1.807, 2.05) is 6.07 Å². The van der Waals surface area contributed by atoms with Crippen LogP contribution in [0, 0.1) is 11.3 Å². The highest BCUT2D eigenvalue weighted by Crippen LogP contribution is 2.36. The topological polar surface area (TPSA) is 73.2 Å². The van der Waals surface area contributed by atoms with Crippen LogP contribution in [0.15, 0.2) is 11.0 Å². The third kappa shape index (κ3) is 2.50. The second kappa shape index (κ2) is 5.33. The number of sulfonamides is 1. The van der Waals surface area contributed by atoms with E-state index in [4.69, 9.17) is 28.5 Å². The predicted molar refractivity (Wildman–Crippen MR) is 70.5 cm³/mol. The van der Waals surface area contributed by atoms with Crippen molar-refractivity contribution in [3.05, 3.63) is 14.7 Å². The van der Waals surface area contributed by atoms with E-state index in [0.29, 0.717) is 17.4 Å². The number of thiophene rings is 1. The average molecular weight is 326 g/mol. The Bertz CT molecular complexity index is 593. The van der Waals surface area contributed by atoms with Gasteiger partial charge in [0.15, 0.2) is 0 Å². The highest BCUT2D eigenvalue weighted by Gasteiger charge is 2.35. The molecule has 1 aliphatic rings. The lowest BCUT2D eigenvalue weighted by molar-refractivity contribution is 0.312. The number of hydrogen-bond donors (Lipinski definition) is 1. The lowest BCUT2D eigenvalue weighted by atomic mass is 10.3. The lowest BCUT2D eigenvalue weighted by Crippen LogP contribution is -2.52. The summed E-state index contributed by atoms with van der Waals surface area (Å²) in [5, 5.41) is 12.0. The van der Waals surface area contributed by atoms with E-state index in [0.717, 1.165) is 15.6 Å². The minimum Gasteiger partial charge on any atom is -0.313 e. The van der Waals surface area contributed by atoms with Crippen molar-refractivity contribution in [2.24, 2.45) is 0 Å². The first-order valence-electron chi connectivity index (χ1n) is 5.04. The van der Waals surface area contributed by atoms with Gasteiger partial charge in [-0.1, -0.05) is 23.2 Å². The summed E-state index contributed by atoms with van der Waals surface area (Å²) < 4.78 is 26.4. The van der Waals surface area contributed by atoms with Crippen LogP contribution >= 0.6 is 34.5 Å². The Balaban J connectivity index is 2.42. The van der Waals surface area contributed by atoms with Gasteiger partial charge in [0.05, 0.1) is 10.4 Å². The fraction of sp³-hybridized carbons (Fsp3) is 0.444. The minimum absolute atomic E-state index is 0.0266. The fourth-order valence-electron chi connectivity index (χ4n) is 1.71. The van der Waals surface area contributed by atoms with Crippen molar-refractivity contribution in [1.82, 2.24) is 9.62 Å². The van der Waals surface area contributed by atoms with Crippen LogP contribution in [0.3, 0.4) is 0 Å². The molecule has 9 heteroatoms. The lowest BCUT2D eigenvalue weighted by Gasteiger charge is -2.30. The van der Waals surface area contributed by atoms with E-state index in [2.05, 4.69) is 5.32 Å². The molecule has 1 saturated heterocycles. The molecule has 0 aromatic carbocycles. The van der Waals surface area contributed by atoms with Crippen molar-refractivity contribution in [2.75, 3.05) is 19.6 Å². The van der Waals surface area contributed by atoms with Gasteiger partial charge in [0.2, 0.25) is 10.0 Å². The zero-order chi connectivity index (χ0) is 13.3. The summed E-state index contributed by atoms with van der Waals surface area (Å²) in [4.78, 5) is -0.0266. The standard InChI is InChI=1S/C9H9Cl2N3O2S2/c10-8-3-7(9(11)17-8)18(15,16)14-2-1-13-5-6(14)4-12/h3,6,13H,1-2,5H2. The molecular formula is C9H9Cl2N3O2S2. The average Bonchev–Trinajstić information content (AvgIpc) is 2.69. The molecule has 98 valence electrons. The molecular weight excluding hydrogens is 317 g/mol. The van der Waals surface area contributed by atoms with Gasteiger partial charge in [-0.05, 0) is 6.07 Å². The smallest absolute Gasteiger partial charge is 0.246 e. The summed E-state index contributed by atoms with van der Waals surface area (Å²) in [5.74, 6) is 0. The van der Waals surface area contributed by atoms with Crippen LogP contribution in [0.1, 0.15) is 0 Å². The molecule has 0 aliphatic carbocycles. The predicted octanol–water partition coefficient (Wildman–Crippen LogP) is 1.54. The Labute approximate surface area is 119 Å². The van der Waals surface area contributed by atoms with Crippen molar-refractivity contribution >= 4 is 44.6 Å². The molecule has 0 spiro atoms. The van der Waals surface area contributed by atoms with Crippen LogP contribution in [0.25, 0.3) is 0 Å². The van der Waals surface area contributed by atoms with E-state index in [-0.39, 0.29) is 15.8 Å². The third-order valence-corrected chi connectivity index (χ3v) is 6.22. The summed E-state index contributed by atoms with van der Waals surface area (Å²) in [5.41, 5.74) is 0. The molecule has 2 heterocycles. The molecule has 1 aliphatic heterocycles. The van der Waals surface area contributed by atoms with Crippen LogP contribution in [0.4, 0.5) is 0 Å². The first kappa shape index (κ1) is 14.1. The molecule has 1 aromatic rings. The van der Waals surface area contributed by atoms with Crippen molar-refractivity contribution in [3.8, 4) is 6.07 Å². The third-order valence-electron chi connectivity index (χ3n) is 2.56. The zero-order valence-corrected chi connectivity index (χ0v) is 12.2. The van der Waals surface area contributed by atoms with E-state index >= 15 is 0 Å². The molecule has 1 unspecified atom stereocenters. The first-order valence-corrected chi connectivity index (χ1v) is 8.05. The van der Waals surface area contributed by atoms with Crippen molar-refractivity contribution in [3.63, 3.8) is 0 Å². The van der Waals surface area contributed by atoms with Crippen LogP contribution in [-0.4, -0.2) is 38.4 Å². The molecule has 1 aromatic heterocycles. The molecule has 0 radical (unpaired) electrons. The van der Waals surface area contributed by atoms with Crippen LogP contribution < -0.4 is 5.32 Å². The second-order valence-electron chi connectivity index (χ2n) is 3.65. The van der Waals surface area contributed by atoms with Crippen LogP contribution in [0.5, 0.6) is 0 Å². The van der Waals surface area contributed by atoms with Crippen LogP contribution in [-0.2, 0) is 10.0 Å². The number of nitrogens with zero attached hydrogens (tertiary/aromatic N) is 2. The van der Waals surface area contributed by atoms with Gasteiger partial charge in [0.1, 0.15) is 15.3 Å². The monoisotopic (exact) mass is 325 g/mol. The van der Waals surface area contributed by atoms with Gasteiger partial charge in [-0.3, -0.25) is 0 Å². The van der Waals surface area contributed by atoms with Gasteiger partial charge in [-0.25, -0.2) is 8.42 Å². The summed E-state index contributed by atoms with van der Waals surface area (Å²) in [6.07, 6.45) is 0. The van der Waals surface area contributed by atoms with Gasteiger partial charge in [0, 0.05) is 19.6 Å². The Hall–Kier alpha value is -0.360. The number of piperazine rings is 1. The maximum atomic E-state index is 12.4. The quantitative estimate of drug-likeness (QED) is 0.895. The van der Waals surface area contributed by atoms with Crippen molar-refractivity contribution < 1.29 is 8.42 Å². The Kier molecular flexibility index (Phi) is 4.16. The molecule has 5 nitrogen and oxygen atoms in total. The molecule has 18 heavy (non-hydrogen) atoms. The SMILES string of the molecule is N#CC1CNCCN1S(=O)(=O)c1cc(Cl)sc1Cl. The summed E-state index contributed by atoms with van der Waals surface area (Å²) in [6, 6.07) is 2.56. The normalized spacial score (nSPS) is 21.7.